The zero-order valence-electron chi connectivity index (χ0n) is 11.4. The maximum absolute atomic E-state index is 12.6. The van der Waals surface area contributed by atoms with E-state index in [4.69, 9.17) is 10.8 Å². The number of carbonyl (C=O) groups excluding carboxylic acids is 1. The number of nitrogens with two attached hydrogens (primary N) is 1. The van der Waals surface area contributed by atoms with E-state index < -0.39 is 0 Å². The minimum Gasteiger partial charge on any atom is -0.398 e. The second kappa shape index (κ2) is 6.06. The maximum Gasteiger partial charge on any atom is 0.256 e. The van der Waals surface area contributed by atoms with Crippen molar-refractivity contribution in [1.82, 2.24) is 4.90 Å². The number of aliphatic hydroxyl groups excluding tert-OH is 1. The predicted octanol–water partition coefficient (Wildman–Crippen LogP) is 1.95. The molecule has 4 heteroatoms. The molecule has 1 aromatic carbocycles. The lowest BCUT2D eigenvalue weighted by molar-refractivity contribution is 0.0563. The van der Waals surface area contributed by atoms with E-state index in [0.717, 1.165) is 18.4 Å². The first-order valence-electron chi connectivity index (χ1n) is 6.91. The summed E-state index contributed by atoms with van der Waals surface area (Å²) in [6, 6.07) is 5.87. The van der Waals surface area contributed by atoms with Crippen LogP contribution in [0.25, 0.3) is 0 Å². The van der Waals surface area contributed by atoms with Crippen molar-refractivity contribution in [2.24, 2.45) is 0 Å². The topological polar surface area (TPSA) is 66.6 Å². The number of nitrogen functional groups attached to an aromatic ring is 1. The van der Waals surface area contributed by atoms with Gasteiger partial charge in [0.2, 0.25) is 0 Å². The third kappa shape index (κ3) is 3.07. The van der Waals surface area contributed by atoms with Crippen molar-refractivity contribution < 1.29 is 9.90 Å². The van der Waals surface area contributed by atoms with Crippen LogP contribution in [0.5, 0.6) is 0 Å². The summed E-state index contributed by atoms with van der Waals surface area (Å²) in [4.78, 5) is 14.5. The monoisotopic (exact) mass is 262 g/mol. The lowest BCUT2D eigenvalue weighted by Gasteiger charge is -2.37. The molecule has 1 saturated carbocycles. The van der Waals surface area contributed by atoms with Gasteiger partial charge in [0.05, 0.1) is 5.56 Å². The Morgan fingerprint density at radius 2 is 2.21 bits per heavy atom. The number of rotatable bonds is 5. The average Bonchev–Trinajstić information content (AvgIpc) is 2.31. The fourth-order valence-electron chi connectivity index (χ4n) is 2.42. The number of aliphatic hydroxyl groups is 1. The van der Waals surface area contributed by atoms with E-state index in [2.05, 4.69) is 0 Å². The van der Waals surface area contributed by atoms with Crippen molar-refractivity contribution in [2.45, 2.75) is 38.6 Å². The third-order valence-electron chi connectivity index (χ3n) is 3.77. The van der Waals surface area contributed by atoms with Gasteiger partial charge in [-0.3, -0.25) is 4.79 Å². The van der Waals surface area contributed by atoms with E-state index >= 15 is 0 Å². The van der Waals surface area contributed by atoms with Crippen LogP contribution in [0.3, 0.4) is 0 Å². The van der Waals surface area contributed by atoms with Gasteiger partial charge in [-0.2, -0.15) is 0 Å². The molecule has 1 aliphatic carbocycles. The number of carbonyl (C=O) groups is 1. The van der Waals surface area contributed by atoms with Crippen molar-refractivity contribution in [3.63, 3.8) is 0 Å². The van der Waals surface area contributed by atoms with Crippen molar-refractivity contribution >= 4 is 11.6 Å². The molecule has 0 aliphatic heterocycles. The molecule has 0 radical (unpaired) electrons. The normalized spacial score (nSPS) is 15.1. The smallest absolute Gasteiger partial charge is 0.256 e. The SMILES string of the molecule is Cc1ccc(C(=O)N(CCCO)C2CCC2)c(N)c1. The van der Waals surface area contributed by atoms with Crippen LogP contribution in [0.4, 0.5) is 5.69 Å². The Labute approximate surface area is 114 Å². The Morgan fingerprint density at radius 1 is 1.47 bits per heavy atom. The van der Waals surface area contributed by atoms with Gasteiger partial charge in [-0.25, -0.2) is 0 Å². The fraction of sp³-hybridized carbons (Fsp3) is 0.533. The number of hydrogen-bond acceptors (Lipinski definition) is 3. The molecule has 3 N–H and O–H groups in total. The van der Waals surface area contributed by atoms with Gasteiger partial charge in [-0.1, -0.05) is 6.07 Å². The van der Waals surface area contributed by atoms with E-state index in [9.17, 15) is 4.79 Å². The molecule has 0 saturated heterocycles. The Morgan fingerprint density at radius 3 is 2.74 bits per heavy atom. The van der Waals surface area contributed by atoms with Crippen molar-refractivity contribution in [3.05, 3.63) is 29.3 Å². The quantitative estimate of drug-likeness (QED) is 0.797. The van der Waals surface area contributed by atoms with Crippen molar-refractivity contribution in [1.29, 1.82) is 0 Å². The third-order valence-corrected chi connectivity index (χ3v) is 3.77. The van der Waals surface area contributed by atoms with Crippen LogP contribution in [0.2, 0.25) is 0 Å². The van der Waals surface area contributed by atoms with Crippen molar-refractivity contribution in [3.8, 4) is 0 Å². The molecular weight excluding hydrogens is 240 g/mol. The lowest BCUT2D eigenvalue weighted by Crippen LogP contribution is -2.45. The van der Waals surface area contributed by atoms with Gasteiger partial charge in [-0.05, 0) is 50.3 Å². The summed E-state index contributed by atoms with van der Waals surface area (Å²) >= 11 is 0. The molecule has 0 atom stereocenters. The highest BCUT2D eigenvalue weighted by atomic mass is 16.3. The van der Waals surface area contributed by atoms with Gasteiger partial charge in [-0.15, -0.1) is 0 Å². The minimum atomic E-state index is -0.00403. The summed E-state index contributed by atoms with van der Waals surface area (Å²) in [5.41, 5.74) is 8.13. The zero-order chi connectivity index (χ0) is 13.8. The molecule has 104 valence electrons. The lowest BCUT2D eigenvalue weighted by atomic mass is 9.90. The summed E-state index contributed by atoms with van der Waals surface area (Å²) in [5, 5.41) is 8.97. The van der Waals surface area contributed by atoms with Crippen molar-refractivity contribution in [2.75, 3.05) is 18.9 Å². The number of amides is 1. The zero-order valence-corrected chi connectivity index (χ0v) is 11.4. The van der Waals surface area contributed by atoms with Crippen LogP contribution in [-0.4, -0.2) is 35.1 Å². The predicted molar refractivity (Wildman–Crippen MR) is 76.0 cm³/mol. The number of aryl methyl sites for hydroxylation is 1. The Hall–Kier alpha value is -1.55. The number of hydrogen-bond donors (Lipinski definition) is 2. The summed E-state index contributed by atoms with van der Waals surface area (Å²) in [6.45, 7) is 2.67. The Kier molecular flexibility index (Phi) is 4.43. The molecule has 1 aliphatic rings. The largest absolute Gasteiger partial charge is 0.398 e. The van der Waals surface area contributed by atoms with E-state index in [-0.39, 0.29) is 12.5 Å². The Bertz CT molecular complexity index is 455. The standard InChI is InChI=1S/C15H22N2O2/c1-11-6-7-13(14(16)10-11)15(19)17(8-3-9-18)12-4-2-5-12/h6-7,10,12,18H,2-5,8-9,16H2,1H3. The fourth-order valence-corrected chi connectivity index (χ4v) is 2.42. The first-order chi connectivity index (χ1) is 9.13. The molecule has 1 aromatic rings. The summed E-state index contributed by atoms with van der Waals surface area (Å²) < 4.78 is 0. The molecule has 0 aromatic heterocycles. The maximum atomic E-state index is 12.6. The van der Waals surface area contributed by atoms with Crippen LogP contribution < -0.4 is 5.73 Å². The second-order valence-corrected chi connectivity index (χ2v) is 5.25. The highest BCUT2D eigenvalue weighted by Crippen LogP contribution is 2.27. The van der Waals surface area contributed by atoms with Crippen LogP contribution in [0, 0.1) is 6.92 Å². The molecule has 0 unspecified atom stereocenters. The number of anilines is 1. The van der Waals surface area contributed by atoms with E-state index in [1.807, 2.05) is 24.0 Å². The Balaban J connectivity index is 2.17. The van der Waals surface area contributed by atoms with Gasteiger partial charge < -0.3 is 15.7 Å². The van der Waals surface area contributed by atoms with Gasteiger partial charge in [0.15, 0.2) is 0 Å². The highest BCUT2D eigenvalue weighted by molar-refractivity contribution is 5.99. The minimum absolute atomic E-state index is 0.00403. The first kappa shape index (κ1) is 13.9. The molecule has 0 heterocycles. The molecule has 1 amide bonds. The van der Waals surface area contributed by atoms with Gasteiger partial charge >= 0.3 is 0 Å². The highest BCUT2D eigenvalue weighted by Gasteiger charge is 2.29. The van der Waals surface area contributed by atoms with Gasteiger partial charge in [0, 0.05) is 24.9 Å². The summed E-state index contributed by atoms with van der Waals surface area (Å²) in [6.07, 6.45) is 3.91. The molecule has 1 fully saturated rings. The van der Waals surface area contributed by atoms with Crippen LogP contribution >= 0.6 is 0 Å². The molecule has 0 bridgehead atoms. The van der Waals surface area contributed by atoms with E-state index in [1.165, 1.54) is 6.42 Å². The molecule has 0 spiro atoms. The van der Waals surface area contributed by atoms with Crippen LogP contribution in [-0.2, 0) is 0 Å². The van der Waals surface area contributed by atoms with E-state index in [0.29, 0.717) is 30.3 Å². The van der Waals surface area contributed by atoms with Crippen LogP contribution in [0.1, 0.15) is 41.6 Å². The molecule has 2 rings (SSSR count). The summed E-state index contributed by atoms with van der Waals surface area (Å²) in [7, 11) is 0. The molecule has 19 heavy (non-hydrogen) atoms. The summed E-state index contributed by atoms with van der Waals surface area (Å²) in [5.74, 6) is -0.00403. The first-order valence-corrected chi connectivity index (χ1v) is 6.91. The molecule has 4 nitrogen and oxygen atoms in total. The van der Waals surface area contributed by atoms with Gasteiger partial charge in [0.1, 0.15) is 0 Å². The second-order valence-electron chi connectivity index (χ2n) is 5.25. The van der Waals surface area contributed by atoms with Crippen LogP contribution in [0.15, 0.2) is 18.2 Å². The van der Waals surface area contributed by atoms with Gasteiger partial charge in [0.25, 0.3) is 5.91 Å². The van der Waals surface area contributed by atoms with E-state index in [1.54, 1.807) is 6.07 Å². The number of benzene rings is 1. The number of nitrogens with zero attached hydrogens (tertiary/aromatic N) is 1. The molecular formula is C15H22N2O2. The average molecular weight is 262 g/mol.